The number of nitrogens with zero attached hydrogens (tertiary/aromatic N) is 2. The lowest BCUT2D eigenvalue weighted by molar-refractivity contribution is 0.203. The molecule has 0 saturated carbocycles. The predicted molar refractivity (Wildman–Crippen MR) is 91.9 cm³/mol. The predicted octanol–water partition coefficient (Wildman–Crippen LogP) is 3.26. The van der Waals surface area contributed by atoms with E-state index < -0.39 is 0 Å². The number of aromatic nitrogens is 1. The molecule has 2 heterocycles. The summed E-state index contributed by atoms with van der Waals surface area (Å²) in [5.41, 5.74) is 2.69. The Balaban J connectivity index is 1.50. The van der Waals surface area contributed by atoms with Crippen molar-refractivity contribution in [1.82, 2.24) is 15.2 Å². The molecule has 0 bridgehead atoms. The molecule has 124 valence electrons. The summed E-state index contributed by atoms with van der Waals surface area (Å²) in [6.45, 7) is 1.67. The van der Waals surface area contributed by atoms with Crippen LogP contribution in [0.4, 0.5) is 9.18 Å². The van der Waals surface area contributed by atoms with Gasteiger partial charge in [-0.05, 0) is 36.1 Å². The first kappa shape index (κ1) is 16.2. The van der Waals surface area contributed by atoms with Crippen LogP contribution in [0.25, 0.3) is 5.57 Å². The summed E-state index contributed by atoms with van der Waals surface area (Å²) in [5, 5.41) is 2.92. The lowest BCUT2D eigenvalue weighted by atomic mass is 9.99. The number of pyridine rings is 1. The van der Waals surface area contributed by atoms with Crippen LogP contribution < -0.4 is 5.32 Å². The monoisotopic (exact) mass is 325 g/mol. The van der Waals surface area contributed by atoms with Gasteiger partial charge in [0.05, 0.1) is 0 Å². The largest absolute Gasteiger partial charge is 0.338 e. The van der Waals surface area contributed by atoms with E-state index in [1.165, 1.54) is 6.07 Å². The number of hydrogen-bond acceptors (Lipinski definition) is 2. The zero-order valence-electron chi connectivity index (χ0n) is 13.4. The van der Waals surface area contributed by atoms with Crippen molar-refractivity contribution < 1.29 is 9.18 Å². The minimum Gasteiger partial charge on any atom is -0.338 e. The molecule has 5 heteroatoms. The maximum Gasteiger partial charge on any atom is 0.317 e. The molecule has 1 aromatic carbocycles. The molecule has 0 atom stereocenters. The van der Waals surface area contributed by atoms with E-state index in [9.17, 15) is 9.18 Å². The maximum absolute atomic E-state index is 13.8. The molecule has 1 N–H and O–H groups in total. The van der Waals surface area contributed by atoms with Crippen LogP contribution >= 0.6 is 0 Å². The minimum absolute atomic E-state index is 0.0808. The SMILES string of the molecule is O=C(NCCc1cccnc1)N1CC=C(c2ccccc2F)CC1. The molecule has 24 heavy (non-hydrogen) atoms. The summed E-state index contributed by atoms with van der Waals surface area (Å²) >= 11 is 0. The lowest BCUT2D eigenvalue weighted by Crippen LogP contribution is -2.42. The highest BCUT2D eigenvalue weighted by molar-refractivity contribution is 5.76. The van der Waals surface area contributed by atoms with E-state index in [0.717, 1.165) is 17.6 Å². The van der Waals surface area contributed by atoms with Gasteiger partial charge in [0, 0.05) is 37.6 Å². The van der Waals surface area contributed by atoms with Crippen molar-refractivity contribution in [3.8, 4) is 0 Å². The molecule has 2 amide bonds. The van der Waals surface area contributed by atoms with Crippen molar-refractivity contribution in [2.75, 3.05) is 19.6 Å². The molecular formula is C19H20FN3O. The zero-order chi connectivity index (χ0) is 16.8. The van der Waals surface area contributed by atoms with E-state index in [-0.39, 0.29) is 11.8 Å². The highest BCUT2D eigenvalue weighted by Crippen LogP contribution is 2.24. The smallest absolute Gasteiger partial charge is 0.317 e. The summed E-state index contributed by atoms with van der Waals surface area (Å²) in [6, 6.07) is 10.6. The Morgan fingerprint density at radius 2 is 2.12 bits per heavy atom. The van der Waals surface area contributed by atoms with Gasteiger partial charge in [0.25, 0.3) is 0 Å². The number of carbonyl (C=O) groups is 1. The molecule has 1 aromatic heterocycles. The van der Waals surface area contributed by atoms with Crippen LogP contribution in [0.2, 0.25) is 0 Å². The van der Waals surface area contributed by atoms with Crippen molar-refractivity contribution in [2.24, 2.45) is 0 Å². The van der Waals surface area contributed by atoms with E-state index in [1.54, 1.807) is 29.4 Å². The second-order valence-corrected chi connectivity index (χ2v) is 5.75. The van der Waals surface area contributed by atoms with E-state index in [2.05, 4.69) is 10.3 Å². The molecule has 0 radical (unpaired) electrons. The summed E-state index contributed by atoms with van der Waals surface area (Å²) in [7, 11) is 0. The number of amides is 2. The van der Waals surface area contributed by atoms with Crippen LogP contribution in [0.15, 0.2) is 54.9 Å². The molecule has 4 nitrogen and oxygen atoms in total. The molecule has 0 spiro atoms. The van der Waals surface area contributed by atoms with E-state index >= 15 is 0 Å². The summed E-state index contributed by atoms with van der Waals surface area (Å²) < 4.78 is 13.8. The normalized spacial score (nSPS) is 14.2. The van der Waals surface area contributed by atoms with Crippen LogP contribution in [-0.4, -0.2) is 35.5 Å². The Hall–Kier alpha value is -2.69. The van der Waals surface area contributed by atoms with Crippen LogP contribution in [0.1, 0.15) is 17.5 Å². The van der Waals surface area contributed by atoms with E-state index in [1.807, 2.05) is 24.3 Å². The van der Waals surface area contributed by atoms with E-state index in [0.29, 0.717) is 31.6 Å². The van der Waals surface area contributed by atoms with Gasteiger partial charge in [-0.25, -0.2) is 9.18 Å². The van der Waals surface area contributed by atoms with Crippen molar-refractivity contribution in [1.29, 1.82) is 0 Å². The molecular weight excluding hydrogens is 305 g/mol. The van der Waals surface area contributed by atoms with Crippen LogP contribution in [0, 0.1) is 5.82 Å². The van der Waals surface area contributed by atoms with Crippen molar-refractivity contribution in [3.05, 3.63) is 71.8 Å². The van der Waals surface area contributed by atoms with Gasteiger partial charge in [-0.15, -0.1) is 0 Å². The second-order valence-electron chi connectivity index (χ2n) is 5.75. The molecule has 0 fully saturated rings. The topological polar surface area (TPSA) is 45.2 Å². The number of hydrogen-bond donors (Lipinski definition) is 1. The van der Waals surface area contributed by atoms with Gasteiger partial charge >= 0.3 is 6.03 Å². The Morgan fingerprint density at radius 1 is 1.25 bits per heavy atom. The molecule has 1 aliphatic rings. The van der Waals surface area contributed by atoms with Crippen LogP contribution in [0.3, 0.4) is 0 Å². The maximum atomic E-state index is 13.8. The zero-order valence-corrected chi connectivity index (χ0v) is 13.4. The molecule has 0 unspecified atom stereocenters. The number of benzene rings is 1. The number of nitrogens with one attached hydrogen (secondary N) is 1. The van der Waals surface area contributed by atoms with Gasteiger partial charge in [-0.3, -0.25) is 4.98 Å². The van der Waals surface area contributed by atoms with Gasteiger partial charge in [0.2, 0.25) is 0 Å². The van der Waals surface area contributed by atoms with Gasteiger partial charge in [-0.2, -0.15) is 0 Å². The van der Waals surface area contributed by atoms with Crippen molar-refractivity contribution in [3.63, 3.8) is 0 Å². The highest BCUT2D eigenvalue weighted by atomic mass is 19.1. The van der Waals surface area contributed by atoms with Gasteiger partial charge in [-0.1, -0.05) is 30.3 Å². The van der Waals surface area contributed by atoms with Crippen LogP contribution in [-0.2, 0) is 6.42 Å². The Labute approximate surface area is 141 Å². The minimum atomic E-state index is -0.210. The quantitative estimate of drug-likeness (QED) is 0.938. The lowest BCUT2D eigenvalue weighted by Gasteiger charge is -2.27. The fourth-order valence-electron chi connectivity index (χ4n) is 2.79. The Kier molecular flexibility index (Phi) is 5.21. The first-order valence-corrected chi connectivity index (χ1v) is 8.09. The number of rotatable bonds is 4. The van der Waals surface area contributed by atoms with Gasteiger partial charge < -0.3 is 10.2 Å². The van der Waals surface area contributed by atoms with Gasteiger partial charge in [0.1, 0.15) is 5.82 Å². The standard InChI is InChI=1S/C19H20FN3O/c20-18-6-2-1-5-17(18)16-8-12-23(13-9-16)19(24)22-11-7-15-4-3-10-21-14-15/h1-6,8,10,14H,7,9,11-13H2,(H,22,24). The summed E-state index contributed by atoms with van der Waals surface area (Å²) in [4.78, 5) is 18.0. The highest BCUT2D eigenvalue weighted by Gasteiger charge is 2.18. The molecule has 1 aliphatic heterocycles. The molecule has 3 rings (SSSR count). The van der Waals surface area contributed by atoms with Gasteiger partial charge in [0.15, 0.2) is 0 Å². The number of halogens is 1. The first-order chi connectivity index (χ1) is 11.7. The first-order valence-electron chi connectivity index (χ1n) is 8.09. The Bertz CT molecular complexity index is 730. The molecule has 2 aromatic rings. The third-order valence-electron chi connectivity index (χ3n) is 4.13. The third kappa shape index (κ3) is 3.98. The summed E-state index contributed by atoms with van der Waals surface area (Å²) in [5.74, 6) is -0.210. The fourth-order valence-corrected chi connectivity index (χ4v) is 2.79. The fraction of sp³-hybridized carbons (Fsp3) is 0.263. The molecule has 0 saturated heterocycles. The average molecular weight is 325 g/mol. The van der Waals surface area contributed by atoms with Crippen molar-refractivity contribution in [2.45, 2.75) is 12.8 Å². The average Bonchev–Trinajstić information content (AvgIpc) is 2.63. The summed E-state index contributed by atoms with van der Waals surface area (Å²) in [6.07, 6.45) is 6.88. The number of carbonyl (C=O) groups excluding carboxylic acids is 1. The van der Waals surface area contributed by atoms with Crippen molar-refractivity contribution >= 4 is 11.6 Å². The van der Waals surface area contributed by atoms with E-state index in [4.69, 9.17) is 0 Å². The Morgan fingerprint density at radius 3 is 2.83 bits per heavy atom. The third-order valence-corrected chi connectivity index (χ3v) is 4.13. The molecule has 0 aliphatic carbocycles. The van der Waals surface area contributed by atoms with Crippen LogP contribution in [0.5, 0.6) is 0 Å². The number of urea groups is 1. The second kappa shape index (κ2) is 7.73.